The predicted molar refractivity (Wildman–Crippen MR) is 127 cm³/mol. The molecule has 1 heterocycles. The van der Waals surface area contributed by atoms with E-state index in [1.54, 1.807) is 0 Å². The molecule has 0 saturated carbocycles. The smallest absolute Gasteiger partial charge is 0.112 e. The molecule has 0 spiro atoms. The van der Waals surface area contributed by atoms with Gasteiger partial charge in [-0.05, 0) is 48.7 Å². The van der Waals surface area contributed by atoms with Crippen molar-refractivity contribution in [1.29, 1.82) is 0 Å². The molecule has 0 aliphatic carbocycles. The van der Waals surface area contributed by atoms with E-state index in [0.717, 1.165) is 13.2 Å². The standard InChI is InChI=1S/C27H32OP/c1-2-3-13-23-20-28-21-24(23)22-29(25-14-7-4-8-15-25,26-16-9-5-10-17-26)27-18-11-6-12-19-27/h4-12,14-19,23-24H,2-3,13,20-22H2,1H3/q+1. The molecule has 0 N–H and O–H groups in total. The molecule has 1 saturated heterocycles. The lowest BCUT2D eigenvalue weighted by atomic mass is 9.92. The van der Waals surface area contributed by atoms with Gasteiger partial charge in [0, 0.05) is 12.5 Å². The van der Waals surface area contributed by atoms with Gasteiger partial charge in [0.15, 0.2) is 0 Å². The van der Waals surface area contributed by atoms with E-state index >= 15 is 0 Å². The summed E-state index contributed by atoms with van der Waals surface area (Å²) in [6.45, 7) is 4.13. The van der Waals surface area contributed by atoms with Crippen molar-refractivity contribution >= 4 is 23.2 Å². The van der Waals surface area contributed by atoms with Crippen LogP contribution in [-0.2, 0) is 4.74 Å². The first-order chi connectivity index (χ1) is 14.3. The van der Waals surface area contributed by atoms with Gasteiger partial charge in [-0.3, -0.25) is 0 Å². The highest BCUT2D eigenvalue weighted by Gasteiger charge is 2.49. The molecule has 0 bridgehead atoms. The highest BCUT2D eigenvalue weighted by Crippen LogP contribution is 2.58. The lowest BCUT2D eigenvalue weighted by Crippen LogP contribution is -2.37. The van der Waals surface area contributed by atoms with Crippen LogP contribution in [0.1, 0.15) is 26.2 Å². The topological polar surface area (TPSA) is 9.23 Å². The molecule has 1 aliphatic heterocycles. The molecule has 4 rings (SSSR count). The second-order valence-corrected chi connectivity index (χ2v) is 11.7. The minimum Gasteiger partial charge on any atom is -0.381 e. The molecule has 3 aromatic rings. The van der Waals surface area contributed by atoms with E-state index in [9.17, 15) is 0 Å². The average molecular weight is 404 g/mol. The van der Waals surface area contributed by atoms with Crippen LogP contribution in [0.2, 0.25) is 0 Å². The van der Waals surface area contributed by atoms with Crippen LogP contribution in [0.4, 0.5) is 0 Å². The Kier molecular flexibility index (Phi) is 6.80. The van der Waals surface area contributed by atoms with Crippen molar-refractivity contribution in [3.63, 3.8) is 0 Å². The predicted octanol–water partition coefficient (Wildman–Crippen LogP) is 5.43. The van der Waals surface area contributed by atoms with Crippen molar-refractivity contribution in [3.8, 4) is 0 Å². The first-order valence-electron chi connectivity index (χ1n) is 11.0. The first kappa shape index (κ1) is 20.3. The third-order valence-electron chi connectivity index (χ3n) is 6.36. The van der Waals surface area contributed by atoms with Crippen LogP contribution in [0.3, 0.4) is 0 Å². The maximum atomic E-state index is 6.04. The van der Waals surface area contributed by atoms with Crippen LogP contribution < -0.4 is 15.9 Å². The zero-order chi connectivity index (χ0) is 19.9. The Labute approximate surface area is 176 Å². The first-order valence-corrected chi connectivity index (χ1v) is 12.9. The fourth-order valence-electron chi connectivity index (χ4n) is 4.79. The second-order valence-electron chi connectivity index (χ2n) is 8.20. The number of unbranched alkanes of at least 4 members (excludes halogenated alkanes) is 1. The van der Waals surface area contributed by atoms with E-state index in [2.05, 4.69) is 97.9 Å². The lowest BCUT2D eigenvalue weighted by molar-refractivity contribution is 0.180. The van der Waals surface area contributed by atoms with E-state index in [1.165, 1.54) is 41.3 Å². The summed E-state index contributed by atoms with van der Waals surface area (Å²) in [6, 6.07) is 33.7. The fraction of sp³-hybridized carbons (Fsp3) is 0.333. The summed E-state index contributed by atoms with van der Waals surface area (Å²) in [4.78, 5) is 0. The highest BCUT2D eigenvalue weighted by atomic mass is 31.2. The third kappa shape index (κ3) is 4.32. The van der Waals surface area contributed by atoms with E-state index < -0.39 is 7.26 Å². The quantitative estimate of drug-likeness (QED) is 0.456. The van der Waals surface area contributed by atoms with Crippen LogP contribution in [0, 0.1) is 11.8 Å². The molecule has 1 nitrogen and oxygen atoms in total. The van der Waals surface area contributed by atoms with Crippen molar-refractivity contribution in [3.05, 3.63) is 91.0 Å². The fourth-order valence-corrected chi connectivity index (χ4v) is 9.47. The highest BCUT2D eigenvalue weighted by molar-refractivity contribution is 7.95. The van der Waals surface area contributed by atoms with E-state index in [-0.39, 0.29) is 0 Å². The van der Waals surface area contributed by atoms with Crippen LogP contribution in [0.25, 0.3) is 0 Å². The van der Waals surface area contributed by atoms with Gasteiger partial charge in [0.05, 0.1) is 12.8 Å². The normalized spacial score (nSPS) is 19.3. The Hall–Kier alpha value is -1.95. The molecule has 29 heavy (non-hydrogen) atoms. The summed E-state index contributed by atoms with van der Waals surface area (Å²) in [6.07, 6.45) is 5.05. The van der Waals surface area contributed by atoms with Gasteiger partial charge in [-0.2, -0.15) is 0 Å². The van der Waals surface area contributed by atoms with Gasteiger partial charge in [0.25, 0.3) is 0 Å². The van der Waals surface area contributed by atoms with Crippen LogP contribution in [0.15, 0.2) is 91.0 Å². The largest absolute Gasteiger partial charge is 0.381 e. The molecule has 1 fully saturated rings. The molecule has 0 radical (unpaired) electrons. The minimum atomic E-state index is -1.75. The van der Waals surface area contributed by atoms with Crippen LogP contribution in [-0.4, -0.2) is 19.4 Å². The minimum absolute atomic E-state index is 0.621. The van der Waals surface area contributed by atoms with E-state index in [0.29, 0.717) is 11.8 Å². The molecular weight excluding hydrogens is 371 g/mol. The molecule has 1 aliphatic rings. The van der Waals surface area contributed by atoms with Crippen LogP contribution in [0.5, 0.6) is 0 Å². The Morgan fingerprint density at radius 2 is 1.14 bits per heavy atom. The zero-order valence-corrected chi connectivity index (χ0v) is 18.3. The van der Waals surface area contributed by atoms with Crippen molar-refractivity contribution in [2.24, 2.45) is 11.8 Å². The van der Waals surface area contributed by atoms with Gasteiger partial charge in [-0.15, -0.1) is 0 Å². The Morgan fingerprint density at radius 3 is 1.59 bits per heavy atom. The van der Waals surface area contributed by atoms with Gasteiger partial charge >= 0.3 is 0 Å². The third-order valence-corrected chi connectivity index (χ3v) is 10.9. The molecule has 2 atom stereocenters. The molecule has 0 amide bonds. The van der Waals surface area contributed by atoms with Gasteiger partial charge < -0.3 is 4.74 Å². The Balaban J connectivity index is 1.84. The summed E-state index contributed by atoms with van der Waals surface area (Å²) in [5, 5.41) is 4.45. The Bertz CT molecular complexity index is 766. The maximum absolute atomic E-state index is 6.04. The zero-order valence-electron chi connectivity index (χ0n) is 17.4. The van der Waals surface area contributed by atoms with Crippen LogP contribution >= 0.6 is 7.26 Å². The number of hydrogen-bond donors (Lipinski definition) is 0. The van der Waals surface area contributed by atoms with Gasteiger partial charge in [0.2, 0.25) is 0 Å². The SMILES string of the molecule is CCCCC1COCC1C[P+](c1ccccc1)(c1ccccc1)c1ccccc1. The average Bonchev–Trinajstić information content (AvgIpc) is 3.24. The molecule has 0 aromatic heterocycles. The van der Waals surface area contributed by atoms with Crippen molar-refractivity contribution in [2.75, 3.05) is 19.4 Å². The molecule has 2 unspecified atom stereocenters. The Morgan fingerprint density at radius 1 is 0.690 bits per heavy atom. The summed E-state index contributed by atoms with van der Waals surface area (Å²) in [5.74, 6) is 1.31. The summed E-state index contributed by atoms with van der Waals surface area (Å²) >= 11 is 0. The monoisotopic (exact) mass is 403 g/mol. The number of hydrogen-bond acceptors (Lipinski definition) is 1. The van der Waals surface area contributed by atoms with Crippen molar-refractivity contribution < 1.29 is 4.74 Å². The molecule has 150 valence electrons. The number of rotatable bonds is 8. The summed E-state index contributed by atoms with van der Waals surface area (Å²) < 4.78 is 6.04. The van der Waals surface area contributed by atoms with Crippen molar-refractivity contribution in [2.45, 2.75) is 26.2 Å². The lowest BCUT2D eigenvalue weighted by Gasteiger charge is -2.31. The second kappa shape index (κ2) is 9.70. The molecule has 3 aromatic carbocycles. The van der Waals surface area contributed by atoms with Gasteiger partial charge in [-0.25, -0.2) is 0 Å². The molecular formula is C27H32OP+. The number of benzene rings is 3. The van der Waals surface area contributed by atoms with E-state index in [1.807, 2.05) is 0 Å². The summed E-state index contributed by atoms with van der Waals surface area (Å²) in [5.41, 5.74) is 0. The summed E-state index contributed by atoms with van der Waals surface area (Å²) in [7, 11) is -1.75. The van der Waals surface area contributed by atoms with E-state index in [4.69, 9.17) is 4.74 Å². The van der Waals surface area contributed by atoms with Gasteiger partial charge in [0.1, 0.15) is 23.2 Å². The van der Waals surface area contributed by atoms with Gasteiger partial charge in [-0.1, -0.05) is 74.4 Å². The molecule has 2 heteroatoms. The number of ether oxygens (including phenoxy) is 1. The maximum Gasteiger partial charge on any atom is 0.112 e. The van der Waals surface area contributed by atoms with Crippen molar-refractivity contribution in [1.82, 2.24) is 0 Å².